The number of fused-ring (bicyclic) bond motifs is 8. The highest BCUT2D eigenvalue weighted by molar-refractivity contribution is 7.26. The monoisotopic (exact) mass is 665 g/mol. The summed E-state index contributed by atoms with van der Waals surface area (Å²) in [6.07, 6.45) is 10.6. The molecule has 1 heterocycles. The third-order valence-electron chi connectivity index (χ3n) is 11.4. The fourth-order valence-corrected chi connectivity index (χ4v) is 9.46. The van der Waals surface area contributed by atoms with Crippen LogP contribution in [0.25, 0.3) is 42.1 Å². The van der Waals surface area contributed by atoms with Gasteiger partial charge in [-0.2, -0.15) is 0 Å². The van der Waals surface area contributed by atoms with Crippen molar-refractivity contribution in [2.45, 2.75) is 47.0 Å². The number of rotatable bonds is 6. The molecule has 0 amide bonds. The van der Waals surface area contributed by atoms with E-state index >= 15 is 0 Å². The van der Waals surface area contributed by atoms with Crippen molar-refractivity contribution in [3.63, 3.8) is 0 Å². The van der Waals surface area contributed by atoms with Gasteiger partial charge >= 0.3 is 0 Å². The van der Waals surface area contributed by atoms with Crippen LogP contribution in [-0.4, -0.2) is 0 Å². The van der Waals surface area contributed by atoms with E-state index in [1.54, 1.807) is 0 Å². The molecule has 2 aliphatic carbocycles. The summed E-state index contributed by atoms with van der Waals surface area (Å²) in [5.41, 5.74) is 13.6. The number of allylic oxidation sites excluding steroid dienone is 10. The van der Waals surface area contributed by atoms with Crippen LogP contribution < -0.4 is 4.90 Å². The van der Waals surface area contributed by atoms with Crippen LogP contribution in [0.2, 0.25) is 0 Å². The molecule has 0 radical (unpaired) electrons. The average Bonchev–Trinajstić information content (AvgIpc) is 3.66. The molecule has 0 spiro atoms. The molecule has 0 unspecified atom stereocenters. The van der Waals surface area contributed by atoms with E-state index in [1.807, 2.05) is 23.5 Å². The number of thiophene rings is 1. The van der Waals surface area contributed by atoms with Crippen molar-refractivity contribution >= 4 is 53.7 Å². The van der Waals surface area contributed by atoms with Gasteiger partial charge in [-0.05, 0) is 83.0 Å². The number of hydrogen-bond acceptors (Lipinski definition) is 2. The normalized spacial score (nSPS) is 17.4. The Labute approximate surface area is 300 Å². The summed E-state index contributed by atoms with van der Waals surface area (Å²) >= 11 is 1.92. The van der Waals surface area contributed by atoms with Gasteiger partial charge in [0.15, 0.2) is 0 Å². The van der Waals surface area contributed by atoms with Gasteiger partial charge in [0.2, 0.25) is 0 Å². The fraction of sp³-hybridized carbons (Fsp3) is 0.167. The average molecular weight is 666 g/mol. The summed E-state index contributed by atoms with van der Waals surface area (Å²) in [6.45, 7) is 22.2. The Balaban J connectivity index is 1.35. The zero-order chi connectivity index (χ0) is 34.9. The van der Waals surface area contributed by atoms with Crippen molar-refractivity contribution in [1.82, 2.24) is 0 Å². The van der Waals surface area contributed by atoms with Gasteiger partial charge in [0.05, 0.1) is 5.69 Å². The van der Waals surface area contributed by atoms with Crippen molar-refractivity contribution in [3.05, 3.63) is 180 Å². The van der Waals surface area contributed by atoms with Gasteiger partial charge in [-0.1, -0.05) is 144 Å². The van der Waals surface area contributed by atoms with Crippen LogP contribution >= 0.6 is 11.3 Å². The highest BCUT2D eigenvalue weighted by atomic mass is 32.1. The van der Waals surface area contributed by atoms with E-state index in [9.17, 15) is 0 Å². The first kappa shape index (κ1) is 32.0. The van der Waals surface area contributed by atoms with Crippen LogP contribution in [0, 0.1) is 5.41 Å². The van der Waals surface area contributed by atoms with Crippen LogP contribution in [0.4, 0.5) is 11.4 Å². The maximum atomic E-state index is 4.58. The Morgan fingerprint density at radius 2 is 1.50 bits per heavy atom. The van der Waals surface area contributed by atoms with Gasteiger partial charge in [0.1, 0.15) is 0 Å². The molecular weight excluding hydrogens is 623 g/mol. The minimum atomic E-state index is -0.109. The predicted octanol–water partition coefficient (Wildman–Crippen LogP) is 14.1. The summed E-state index contributed by atoms with van der Waals surface area (Å²) in [5.74, 6) is 0. The van der Waals surface area contributed by atoms with Gasteiger partial charge in [0.25, 0.3) is 0 Å². The van der Waals surface area contributed by atoms with Gasteiger partial charge in [0, 0.05) is 53.3 Å². The van der Waals surface area contributed by atoms with Crippen molar-refractivity contribution in [1.29, 1.82) is 0 Å². The van der Waals surface area contributed by atoms with Gasteiger partial charge in [-0.25, -0.2) is 0 Å². The predicted molar refractivity (Wildman–Crippen MR) is 220 cm³/mol. The molecule has 246 valence electrons. The largest absolute Gasteiger partial charge is 0.314 e. The van der Waals surface area contributed by atoms with E-state index < -0.39 is 0 Å². The Kier molecular flexibility index (Phi) is 7.51. The highest BCUT2D eigenvalue weighted by Gasteiger charge is 2.38. The topological polar surface area (TPSA) is 3.24 Å². The summed E-state index contributed by atoms with van der Waals surface area (Å²) in [7, 11) is 0. The molecule has 0 atom stereocenters. The minimum Gasteiger partial charge on any atom is -0.314 e. The number of nitrogens with zero attached hydrogens (tertiary/aromatic N) is 1. The smallest absolute Gasteiger partial charge is 0.0536 e. The Hall–Kier alpha value is -5.18. The number of benzene rings is 5. The van der Waals surface area contributed by atoms with Crippen LogP contribution in [0.3, 0.4) is 0 Å². The molecule has 8 rings (SSSR count). The van der Waals surface area contributed by atoms with Gasteiger partial charge < -0.3 is 4.90 Å². The Morgan fingerprint density at radius 3 is 2.30 bits per heavy atom. The zero-order valence-electron chi connectivity index (χ0n) is 29.9. The second kappa shape index (κ2) is 11.7. The maximum absolute atomic E-state index is 4.58. The molecule has 5 aromatic carbocycles. The second-order valence-corrected chi connectivity index (χ2v) is 15.8. The summed E-state index contributed by atoms with van der Waals surface area (Å²) in [4.78, 5) is 2.44. The lowest BCUT2D eigenvalue weighted by Crippen LogP contribution is -2.17. The molecule has 0 saturated carbocycles. The standard InChI is InChI=1S/C48H43NS/c1-9-10-18-35-31(3)47(5,6)32(4)36(35)25-23-30(2)49(43-21-15-17-33-16-11-12-19-37(33)43)34-24-27-41-40(29-34)45-42(48(41,7)8)28-26-39-38-20-13-14-22-44(38)50-46(39)45/h9-29H,1,4H2,2-3,5-8H3/b18-10-,30-23+,36-25+. The second-order valence-electron chi connectivity index (χ2n) is 14.8. The first-order valence-electron chi connectivity index (χ1n) is 17.5. The molecule has 50 heavy (non-hydrogen) atoms. The molecule has 2 heteroatoms. The molecule has 6 aromatic rings. The molecule has 1 nitrogen and oxygen atoms in total. The number of hydrogen-bond donors (Lipinski definition) is 0. The van der Waals surface area contributed by atoms with Crippen LogP contribution in [0.5, 0.6) is 0 Å². The Bertz CT molecular complexity index is 2540. The van der Waals surface area contributed by atoms with E-state index in [0.29, 0.717) is 0 Å². The zero-order valence-corrected chi connectivity index (χ0v) is 30.7. The van der Waals surface area contributed by atoms with Crippen molar-refractivity contribution in [2.24, 2.45) is 5.41 Å². The molecule has 1 aromatic heterocycles. The van der Waals surface area contributed by atoms with E-state index in [0.717, 1.165) is 22.6 Å². The Morgan fingerprint density at radius 1 is 0.780 bits per heavy atom. The first-order valence-corrected chi connectivity index (χ1v) is 18.3. The van der Waals surface area contributed by atoms with Crippen LogP contribution in [0.1, 0.15) is 52.7 Å². The van der Waals surface area contributed by atoms with E-state index in [1.165, 1.54) is 69.9 Å². The highest BCUT2D eigenvalue weighted by Crippen LogP contribution is 2.55. The summed E-state index contributed by atoms with van der Waals surface area (Å²) in [6, 6.07) is 36.0. The SMILES string of the molecule is C=C/C=C\C1=C(C)C(C)(C)C(=C)/C1=C\C=C(/C)N(c1ccc2c(c1)-c1c(ccc3c1sc1ccccc13)C2(C)C)c1cccc2ccccc12. The van der Waals surface area contributed by atoms with Gasteiger partial charge in [-0.15, -0.1) is 11.3 Å². The fourth-order valence-electron chi connectivity index (χ4n) is 8.19. The molecule has 2 aliphatic rings. The first-order chi connectivity index (χ1) is 24.0. The third-order valence-corrected chi connectivity index (χ3v) is 12.6. The molecule has 0 N–H and O–H groups in total. The maximum Gasteiger partial charge on any atom is 0.0536 e. The lowest BCUT2D eigenvalue weighted by atomic mass is 9.82. The van der Waals surface area contributed by atoms with E-state index in [-0.39, 0.29) is 10.8 Å². The van der Waals surface area contributed by atoms with Crippen LogP contribution in [0.15, 0.2) is 169 Å². The molecule has 0 fully saturated rings. The molecular formula is C48H43NS. The van der Waals surface area contributed by atoms with Crippen molar-refractivity contribution in [2.75, 3.05) is 4.90 Å². The number of anilines is 2. The van der Waals surface area contributed by atoms with Crippen molar-refractivity contribution < 1.29 is 0 Å². The lowest BCUT2D eigenvalue weighted by Gasteiger charge is -2.28. The minimum absolute atomic E-state index is 0.0949. The lowest BCUT2D eigenvalue weighted by molar-refractivity contribution is 0.567. The summed E-state index contributed by atoms with van der Waals surface area (Å²) in [5, 5.41) is 5.13. The molecule has 0 saturated heterocycles. The van der Waals surface area contributed by atoms with Crippen molar-refractivity contribution in [3.8, 4) is 11.1 Å². The van der Waals surface area contributed by atoms with E-state index in [4.69, 9.17) is 0 Å². The third kappa shape index (κ3) is 4.73. The van der Waals surface area contributed by atoms with Crippen LogP contribution in [-0.2, 0) is 5.41 Å². The quantitative estimate of drug-likeness (QED) is 0.160. The van der Waals surface area contributed by atoms with Gasteiger partial charge in [-0.3, -0.25) is 0 Å². The molecule has 0 aliphatic heterocycles. The molecule has 0 bridgehead atoms. The van der Waals surface area contributed by atoms with E-state index in [2.05, 4.69) is 175 Å². The summed E-state index contributed by atoms with van der Waals surface area (Å²) < 4.78 is 2.72.